The number of hydrogen-bond acceptors (Lipinski definition) is 4. The Labute approximate surface area is 180 Å². The van der Waals surface area contributed by atoms with Gasteiger partial charge in [0.25, 0.3) is 0 Å². The number of rotatable bonds is 10. The van der Waals surface area contributed by atoms with Crippen LogP contribution in [0, 0.1) is 5.41 Å². The van der Waals surface area contributed by atoms with Crippen molar-refractivity contribution in [2.75, 3.05) is 26.4 Å². The molecule has 4 nitrogen and oxygen atoms in total. The molecular weight excluding hydrogens is 376 g/mol. The third-order valence-corrected chi connectivity index (χ3v) is 5.24. The molecule has 0 bridgehead atoms. The van der Waals surface area contributed by atoms with E-state index in [0.717, 1.165) is 22.3 Å². The van der Waals surface area contributed by atoms with Crippen molar-refractivity contribution < 1.29 is 18.9 Å². The van der Waals surface area contributed by atoms with E-state index in [1.54, 1.807) is 0 Å². The van der Waals surface area contributed by atoms with Crippen LogP contribution in [0.3, 0.4) is 0 Å². The topological polar surface area (TPSA) is 36.9 Å². The molecule has 1 fully saturated rings. The smallest absolute Gasteiger partial charge is 0.162 e. The summed E-state index contributed by atoms with van der Waals surface area (Å²) in [5.41, 5.74) is 4.11. The van der Waals surface area contributed by atoms with Gasteiger partial charge < -0.3 is 18.9 Å². The molecule has 0 saturated carbocycles. The molecule has 0 aliphatic carbocycles. The predicted molar refractivity (Wildman–Crippen MR) is 121 cm³/mol. The Bertz CT molecular complexity index is 752. The molecule has 1 aliphatic rings. The molecule has 0 radical (unpaired) electrons. The molecule has 0 atom stereocenters. The zero-order chi connectivity index (χ0) is 21.5. The lowest BCUT2D eigenvalue weighted by atomic mass is 9.91. The number of ether oxygens (including phenoxy) is 4. The first-order chi connectivity index (χ1) is 14.4. The Morgan fingerprint density at radius 1 is 0.767 bits per heavy atom. The van der Waals surface area contributed by atoms with Gasteiger partial charge in [-0.1, -0.05) is 73.8 Å². The quantitative estimate of drug-likeness (QED) is 0.522. The maximum Gasteiger partial charge on any atom is 0.162 e. The van der Waals surface area contributed by atoms with Crippen LogP contribution in [0.15, 0.2) is 61.7 Å². The number of hydrogen-bond donors (Lipinski definition) is 0. The molecule has 1 heterocycles. The standard InChI is InChI=1S/C26H32O4/c1-5-21-7-11-23(12-8-21)15-27-17-26(19-29-25(3,4)30-20-26)18-28-16-24-13-9-22(6-2)10-14-24/h5-14H,1-2,15-20H2,3-4H3. The van der Waals surface area contributed by atoms with Crippen molar-refractivity contribution in [1.29, 1.82) is 0 Å². The Morgan fingerprint density at radius 2 is 1.17 bits per heavy atom. The lowest BCUT2D eigenvalue weighted by Gasteiger charge is -2.43. The van der Waals surface area contributed by atoms with Crippen LogP contribution in [0.5, 0.6) is 0 Å². The minimum atomic E-state index is -0.579. The van der Waals surface area contributed by atoms with E-state index < -0.39 is 5.79 Å². The maximum absolute atomic E-state index is 6.06. The lowest BCUT2D eigenvalue weighted by Crippen LogP contribution is -2.51. The molecule has 0 N–H and O–H groups in total. The average Bonchev–Trinajstić information content (AvgIpc) is 2.77. The van der Waals surface area contributed by atoms with Crippen molar-refractivity contribution in [2.45, 2.75) is 32.8 Å². The maximum atomic E-state index is 6.06. The van der Waals surface area contributed by atoms with Gasteiger partial charge in [0.05, 0.1) is 45.1 Å². The van der Waals surface area contributed by atoms with E-state index >= 15 is 0 Å². The van der Waals surface area contributed by atoms with Gasteiger partial charge in [-0.05, 0) is 36.1 Å². The largest absolute Gasteiger partial charge is 0.376 e. The van der Waals surface area contributed by atoms with Gasteiger partial charge in [-0.3, -0.25) is 0 Å². The van der Waals surface area contributed by atoms with Crippen LogP contribution in [0.2, 0.25) is 0 Å². The minimum absolute atomic E-state index is 0.336. The fraction of sp³-hybridized carbons (Fsp3) is 0.385. The number of benzene rings is 2. The Kier molecular flexibility index (Phi) is 7.62. The van der Waals surface area contributed by atoms with Crippen molar-refractivity contribution >= 4 is 12.2 Å². The summed E-state index contributed by atoms with van der Waals surface area (Å²) in [7, 11) is 0. The van der Waals surface area contributed by atoms with Crippen LogP contribution in [0.25, 0.3) is 12.2 Å². The lowest BCUT2D eigenvalue weighted by molar-refractivity contribution is -0.299. The molecule has 4 heteroatoms. The van der Waals surface area contributed by atoms with Crippen molar-refractivity contribution in [3.8, 4) is 0 Å². The molecule has 0 spiro atoms. The van der Waals surface area contributed by atoms with Crippen molar-refractivity contribution in [1.82, 2.24) is 0 Å². The summed E-state index contributed by atoms with van der Waals surface area (Å²) in [6, 6.07) is 16.4. The van der Waals surface area contributed by atoms with E-state index in [9.17, 15) is 0 Å². The molecule has 1 aliphatic heterocycles. The second kappa shape index (κ2) is 10.2. The zero-order valence-corrected chi connectivity index (χ0v) is 18.1. The highest BCUT2D eigenvalue weighted by atomic mass is 16.7. The van der Waals surface area contributed by atoms with Crippen LogP contribution in [-0.2, 0) is 32.2 Å². The van der Waals surface area contributed by atoms with Crippen LogP contribution in [0.4, 0.5) is 0 Å². The van der Waals surface area contributed by atoms with Gasteiger partial charge in [-0.15, -0.1) is 0 Å². The van der Waals surface area contributed by atoms with Crippen LogP contribution in [0.1, 0.15) is 36.1 Å². The Morgan fingerprint density at radius 3 is 1.53 bits per heavy atom. The van der Waals surface area contributed by atoms with Gasteiger partial charge in [0.2, 0.25) is 0 Å². The Hall–Kier alpha value is -2.24. The molecule has 0 unspecified atom stereocenters. The molecule has 0 aromatic heterocycles. The molecule has 30 heavy (non-hydrogen) atoms. The highest BCUT2D eigenvalue weighted by molar-refractivity contribution is 5.47. The summed E-state index contributed by atoms with van der Waals surface area (Å²) in [5, 5.41) is 0. The Balaban J connectivity index is 1.55. The molecule has 2 aromatic rings. The van der Waals surface area contributed by atoms with Crippen molar-refractivity contribution in [3.63, 3.8) is 0 Å². The van der Waals surface area contributed by atoms with Crippen LogP contribution >= 0.6 is 0 Å². The van der Waals surface area contributed by atoms with E-state index in [0.29, 0.717) is 39.6 Å². The first-order valence-electron chi connectivity index (χ1n) is 10.3. The monoisotopic (exact) mass is 408 g/mol. The minimum Gasteiger partial charge on any atom is -0.376 e. The molecule has 0 amide bonds. The second-order valence-corrected chi connectivity index (χ2v) is 8.35. The molecule has 3 rings (SSSR count). The average molecular weight is 409 g/mol. The summed E-state index contributed by atoms with van der Waals surface area (Å²) in [6.45, 7) is 14.6. The SMILES string of the molecule is C=Cc1ccc(COCC2(COCc3ccc(C=C)cc3)COC(C)(C)OC2)cc1. The zero-order valence-electron chi connectivity index (χ0n) is 18.1. The predicted octanol–water partition coefficient (Wildman–Crippen LogP) is 5.48. The third kappa shape index (κ3) is 6.38. The summed E-state index contributed by atoms with van der Waals surface area (Å²) in [5.74, 6) is -0.579. The summed E-state index contributed by atoms with van der Waals surface area (Å²) in [6.07, 6.45) is 3.67. The van der Waals surface area contributed by atoms with Gasteiger partial charge in [0, 0.05) is 0 Å². The van der Waals surface area contributed by atoms with Gasteiger partial charge in [-0.25, -0.2) is 0 Å². The van der Waals surface area contributed by atoms with E-state index in [1.165, 1.54) is 0 Å². The third-order valence-electron chi connectivity index (χ3n) is 5.24. The summed E-state index contributed by atoms with van der Waals surface area (Å²) in [4.78, 5) is 0. The van der Waals surface area contributed by atoms with Gasteiger partial charge in [-0.2, -0.15) is 0 Å². The van der Waals surface area contributed by atoms with E-state index in [2.05, 4.69) is 37.4 Å². The second-order valence-electron chi connectivity index (χ2n) is 8.35. The molecule has 160 valence electrons. The van der Waals surface area contributed by atoms with E-state index in [1.807, 2.05) is 50.3 Å². The van der Waals surface area contributed by atoms with Gasteiger partial charge >= 0.3 is 0 Å². The van der Waals surface area contributed by atoms with Crippen LogP contribution < -0.4 is 0 Å². The highest BCUT2D eigenvalue weighted by Gasteiger charge is 2.40. The van der Waals surface area contributed by atoms with E-state index in [-0.39, 0.29) is 5.41 Å². The van der Waals surface area contributed by atoms with Crippen molar-refractivity contribution in [2.24, 2.45) is 5.41 Å². The molecular formula is C26H32O4. The van der Waals surface area contributed by atoms with Gasteiger partial charge in [0.1, 0.15) is 0 Å². The summed E-state index contributed by atoms with van der Waals surface area (Å²) < 4.78 is 24.0. The molecule has 2 aromatic carbocycles. The fourth-order valence-electron chi connectivity index (χ4n) is 3.22. The highest BCUT2D eigenvalue weighted by Crippen LogP contribution is 2.31. The van der Waals surface area contributed by atoms with Crippen molar-refractivity contribution in [3.05, 3.63) is 83.9 Å². The van der Waals surface area contributed by atoms with E-state index in [4.69, 9.17) is 18.9 Å². The van der Waals surface area contributed by atoms with Gasteiger partial charge in [0.15, 0.2) is 5.79 Å². The van der Waals surface area contributed by atoms with Crippen LogP contribution in [-0.4, -0.2) is 32.2 Å². The first kappa shape index (κ1) is 22.4. The normalized spacial score (nSPS) is 17.4. The first-order valence-corrected chi connectivity index (χ1v) is 10.3. The fourth-order valence-corrected chi connectivity index (χ4v) is 3.22. The summed E-state index contributed by atoms with van der Waals surface area (Å²) >= 11 is 0. The molecule has 1 saturated heterocycles.